The first-order valence-corrected chi connectivity index (χ1v) is 9.51. The van der Waals surface area contributed by atoms with Gasteiger partial charge in [0.05, 0.1) is 37.9 Å². The van der Waals surface area contributed by atoms with Crippen LogP contribution in [0.2, 0.25) is 10.0 Å². The fourth-order valence-corrected chi connectivity index (χ4v) is 3.88. The van der Waals surface area contributed by atoms with E-state index in [1.54, 1.807) is 42.5 Å². The number of benzene rings is 2. The van der Waals surface area contributed by atoms with E-state index in [2.05, 4.69) is 4.99 Å². The summed E-state index contributed by atoms with van der Waals surface area (Å²) in [4.78, 5) is 32.0. The van der Waals surface area contributed by atoms with Gasteiger partial charge in [-0.2, -0.15) is 0 Å². The first kappa shape index (κ1) is 18.9. The number of fused-ring (bicyclic) bond motifs is 2. The number of rotatable bonds is 1. The number of nitrogens with zero attached hydrogens (tertiary/aromatic N) is 2. The topological polar surface area (TPSA) is 49.7 Å². The summed E-state index contributed by atoms with van der Waals surface area (Å²) in [6.07, 6.45) is 1.60. The van der Waals surface area contributed by atoms with Gasteiger partial charge < -0.3 is 4.90 Å². The van der Waals surface area contributed by atoms with E-state index in [0.29, 0.717) is 38.3 Å². The number of Topliss-reactive ketones (excluding diaryl/α,β-unsaturated/α-hetero) is 2. The van der Waals surface area contributed by atoms with Gasteiger partial charge in [-0.1, -0.05) is 59.1 Å². The average molecular weight is 432 g/mol. The maximum Gasteiger partial charge on any atom is 0.205 e. The van der Waals surface area contributed by atoms with E-state index in [1.807, 2.05) is 18.9 Å². The SMILES string of the molecule is CC1=Nc2cc(Cl)c(Cl)cc2N(C)/C1=C\C1=C(Cl)C(=O)c2ccccc2C1=O. The summed E-state index contributed by atoms with van der Waals surface area (Å²) >= 11 is 18.5. The van der Waals surface area contributed by atoms with Crippen LogP contribution in [0.5, 0.6) is 0 Å². The van der Waals surface area contributed by atoms with Crippen LogP contribution in [0.4, 0.5) is 11.4 Å². The van der Waals surface area contributed by atoms with Crippen molar-refractivity contribution >= 4 is 63.5 Å². The summed E-state index contributed by atoms with van der Waals surface area (Å²) in [5, 5.41) is 0.710. The quantitative estimate of drug-likeness (QED) is 0.557. The average Bonchev–Trinajstić information content (AvgIpc) is 2.67. The van der Waals surface area contributed by atoms with Crippen LogP contribution < -0.4 is 4.90 Å². The van der Waals surface area contributed by atoms with E-state index in [4.69, 9.17) is 34.8 Å². The van der Waals surface area contributed by atoms with E-state index >= 15 is 0 Å². The Morgan fingerprint density at radius 2 is 1.57 bits per heavy atom. The van der Waals surface area contributed by atoms with Crippen LogP contribution in [0.3, 0.4) is 0 Å². The second-order valence-electron chi connectivity index (χ2n) is 6.47. The van der Waals surface area contributed by atoms with Gasteiger partial charge >= 0.3 is 0 Å². The van der Waals surface area contributed by atoms with Crippen LogP contribution in [0.1, 0.15) is 27.6 Å². The molecule has 2 aromatic carbocycles. The summed E-state index contributed by atoms with van der Waals surface area (Å²) < 4.78 is 0. The van der Waals surface area contributed by atoms with Crippen molar-refractivity contribution in [1.82, 2.24) is 0 Å². The molecular formula is C21H13Cl3N2O2. The molecule has 7 heteroatoms. The van der Waals surface area contributed by atoms with Gasteiger partial charge in [-0.3, -0.25) is 9.59 Å². The van der Waals surface area contributed by atoms with Crippen molar-refractivity contribution in [1.29, 1.82) is 0 Å². The maximum absolute atomic E-state index is 13.0. The molecule has 0 radical (unpaired) electrons. The van der Waals surface area contributed by atoms with E-state index < -0.39 is 0 Å². The highest BCUT2D eigenvalue weighted by molar-refractivity contribution is 6.50. The van der Waals surface area contributed by atoms with Crippen LogP contribution in [-0.4, -0.2) is 24.3 Å². The summed E-state index contributed by atoms with van der Waals surface area (Å²) in [7, 11) is 1.82. The molecule has 0 aromatic heterocycles. The maximum atomic E-state index is 13.0. The zero-order chi connectivity index (χ0) is 20.2. The van der Waals surface area contributed by atoms with Gasteiger partial charge in [0.15, 0.2) is 5.78 Å². The lowest BCUT2D eigenvalue weighted by Crippen LogP contribution is -2.26. The minimum Gasteiger partial charge on any atom is -0.341 e. The van der Waals surface area contributed by atoms with Crippen molar-refractivity contribution in [2.24, 2.45) is 4.99 Å². The Hall–Kier alpha value is -2.40. The zero-order valence-corrected chi connectivity index (χ0v) is 17.2. The van der Waals surface area contributed by atoms with Crippen molar-refractivity contribution in [2.45, 2.75) is 6.92 Å². The van der Waals surface area contributed by atoms with Crippen molar-refractivity contribution < 1.29 is 9.59 Å². The molecule has 2 aromatic rings. The van der Waals surface area contributed by atoms with Crippen LogP contribution in [0, 0.1) is 0 Å². The van der Waals surface area contributed by atoms with Gasteiger partial charge in [-0.05, 0) is 25.1 Å². The Bertz CT molecular complexity index is 1160. The van der Waals surface area contributed by atoms with E-state index in [0.717, 1.165) is 5.69 Å². The number of halogens is 3. The Kier molecular flexibility index (Phi) is 4.66. The van der Waals surface area contributed by atoms with Crippen molar-refractivity contribution in [3.8, 4) is 0 Å². The number of hydrogen-bond donors (Lipinski definition) is 0. The summed E-state index contributed by atoms with van der Waals surface area (Å²) in [5.74, 6) is -0.666. The second kappa shape index (κ2) is 6.89. The monoisotopic (exact) mass is 430 g/mol. The summed E-state index contributed by atoms with van der Waals surface area (Å²) in [6, 6.07) is 10.0. The summed E-state index contributed by atoms with van der Waals surface area (Å²) in [6.45, 7) is 1.81. The minimum absolute atomic E-state index is 0.0997. The molecule has 1 aliphatic carbocycles. The molecule has 0 spiro atoms. The molecule has 1 aliphatic heterocycles. The standard InChI is InChI=1S/C21H13Cl3N2O2/c1-10-17(26(2)18-9-15(23)14(22)8-16(18)25-10)7-13-19(24)21(28)12-6-4-3-5-11(12)20(13)27/h3-9H,1-2H3/b17-7-. The molecule has 0 amide bonds. The molecule has 140 valence electrons. The number of allylic oxidation sites excluding steroid dienone is 4. The van der Waals surface area contributed by atoms with E-state index in [1.165, 1.54) is 0 Å². The predicted molar refractivity (Wildman–Crippen MR) is 114 cm³/mol. The second-order valence-corrected chi connectivity index (χ2v) is 7.66. The van der Waals surface area contributed by atoms with Gasteiger partial charge in [0, 0.05) is 23.7 Å². The normalized spacial score (nSPS) is 17.7. The Balaban J connectivity index is 1.86. The predicted octanol–water partition coefficient (Wildman–Crippen LogP) is 5.99. The molecule has 2 aliphatic rings. The third kappa shape index (κ3) is 2.89. The molecule has 0 unspecified atom stereocenters. The number of anilines is 1. The first-order valence-electron chi connectivity index (χ1n) is 8.38. The Morgan fingerprint density at radius 3 is 2.25 bits per heavy atom. The molecule has 0 fully saturated rings. The lowest BCUT2D eigenvalue weighted by molar-refractivity contribution is 0.0983. The summed E-state index contributed by atoms with van der Waals surface area (Å²) in [5.41, 5.74) is 3.50. The third-order valence-corrected chi connectivity index (χ3v) is 5.87. The van der Waals surface area contributed by atoms with Gasteiger partial charge in [-0.15, -0.1) is 0 Å². The van der Waals surface area contributed by atoms with Crippen molar-refractivity contribution in [3.05, 3.63) is 79.9 Å². The third-order valence-electron chi connectivity index (χ3n) is 4.78. The van der Waals surface area contributed by atoms with Crippen LogP contribution in [0.25, 0.3) is 0 Å². The van der Waals surface area contributed by atoms with Gasteiger partial charge in [0.25, 0.3) is 0 Å². The number of hydrogen-bond acceptors (Lipinski definition) is 4. The Morgan fingerprint density at radius 1 is 0.964 bits per heavy atom. The number of aliphatic imine (C=N–C) groups is 1. The molecule has 0 N–H and O–H groups in total. The van der Waals surface area contributed by atoms with E-state index in [9.17, 15) is 9.59 Å². The van der Waals surface area contributed by atoms with Crippen molar-refractivity contribution in [3.63, 3.8) is 0 Å². The zero-order valence-electron chi connectivity index (χ0n) is 14.9. The van der Waals surface area contributed by atoms with E-state index in [-0.39, 0.29) is 22.2 Å². The molecule has 4 nitrogen and oxygen atoms in total. The van der Waals surface area contributed by atoms with Gasteiger partial charge in [0.2, 0.25) is 5.78 Å². The smallest absolute Gasteiger partial charge is 0.205 e. The van der Waals surface area contributed by atoms with Crippen LogP contribution >= 0.6 is 34.8 Å². The molecule has 1 heterocycles. The van der Waals surface area contributed by atoms with Gasteiger partial charge in [0.1, 0.15) is 0 Å². The molecule has 4 rings (SSSR count). The number of ketones is 2. The highest BCUT2D eigenvalue weighted by Crippen LogP contribution is 2.41. The molecule has 0 bridgehead atoms. The fourth-order valence-electron chi connectivity index (χ4n) is 3.33. The lowest BCUT2D eigenvalue weighted by atomic mass is 9.88. The fraction of sp³-hybridized carbons (Fsp3) is 0.0952. The Labute approximate surface area is 176 Å². The first-order chi connectivity index (χ1) is 13.3. The number of carbonyl (C=O) groups excluding carboxylic acids is 2. The molecule has 0 atom stereocenters. The number of carbonyl (C=O) groups is 2. The molecule has 0 saturated carbocycles. The molecule has 28 heavy (non-hydrogen) atoms. The van der Waals surface area contributed by atoms with Crippen molar-refractivity contribution in [2.75, 3.05) is 11.9 Å². The van der Waals surface area contributed by atoms with Gasteiger partial charge in [-0.25, -0.2) is 4.99 Å². The van der Waals surface area contributed by atoms with Crippen LogP contribution in [0.15, 0.2) is 63.8 Å². The van der Waals surface area contributed by atoms with Crippen LogP contribution in [-0.2, 0) is 0 Å². The molecular weight excluding hydrogens is 419 g/mol. The highest BCUT2D eigenvalue weighted by Gasteiger charge is 2.31. The lowest BCUT2D eigenvalue weighted by Gasteiger charge is -2.29. The minimum atomic E-state index is -0.369. The molecule has 0 saturated heterocycles. The largest absolute Gasteiger partial charge is 0.341 e. The highest BCUT2D eigenvalue weighted by atomic mass is 35.5.